The molecule has 0 saturated carbocycles. The highest BCUT2D eigenvalue weighted by Gasteiger charge is 2.00. The zero-order valence-corrected chi connectivity index (χ0v) is 6.04. The Morgan fingerprint density at radius 2 is 1.44 bits per heavy atom. The number of rotatable bonds is 0. The van der Waals surface area contributed by atoms with Crippen LogP contribution in [0.2, 0.25) is 0 Å². The van der Waals surface area contributed by atoms with E-state index in [4.69, 9.17) is 10.8 Å². The van der Waals surface area contributed by atoms with E-state index in [-0.39, 0.29) is 10.5 Å². The Morgan fingerprint density at radius 1 is 1.11 bits per heavy atom. The third-order valence-electron chi connectivity index (χ3n) is 0.556. The zero-order chi connectivity index (χ0) is 7.28. The van der Waals surface area contributed by atoms with Gasteiger partial charge in [0.1, 0.15) is 0 Å². The van der Waals surface area contributed by atoms with Gasteiger partial charge in [0.05, 0.1) is 14.2 Å². The standard InChI is InChI=1S/C4H8N2O2S/c1-7-3(5)9-4(6)8-2/h5-6H,1-2H3. The highest BCUT2D eigenvalue weighted by atomic mass is 32.2. The van der Waals surface area contributed by atoms with Crippen LogP contribution in [0.1, 0.15) is 0 Å². The van der Waals surface area contributed by atoms with Crippen LogP contribution in [0, 0.1) is 10.8 Å². The maximum atomic E-state index is 6.89. The molecular formula is C4H8N2O2S. The van der Waals surface area contributed by atoms with E-state index < -0.39 is 0 Å². The van der Waals surface area contributed by atoms with Crippen LogP contribution in [0.5, 0.6) is 0 Å². The van der Waals surface area contributed by atoms with Gasteiger partial charge >= 0.3 is 0 Å². The smallest absolute Gasteiger partial charge is 0.252 e. The lowest BCUT2D eigenvalue weighted by molar-refractivity contribution is 0.406. The van der Waals surface area contributed by atoms with Crippen molar-refractivity contribution in [2.75, 3.05) is 14.2 Å². The second-order valence-electron chi connectivity index (χ2n) is 1.09. The number of nitrogens with one attached hydrogen (secondary N) is 2. The van der Waals surface area contributed by atoms with Gasteiger partial charge in [-0.2, -0.15) is 0 Å². The van der Waals surface area contributed by atoms with Crippen LogP contribution in [-0.2, 0) is 9.47 Å². The predicted octanol–water partition coefficient (Wildman–Crippen LogP) is 0.882. The Balaban J connectivity index is 3.47. The summed E-state index contributed by atoms with van der Waals surface area (Å²) in [6.45, 7) is 0. The summed E-state index contributed by atoms with van der Waals surface area (Å²) in [5.41, 5.74) is 0. The van der Waals surface area contributed by atoms with Crippen LogP contribution in [0.4, 0.5) is 0 Å². The van der Waals surface area contributed by atoms with Crippen LogP contribution in [0.3, 0.4) is 0 Å². The summed E-state index contributed by atoms with van der Waals surface area (Å²) >= 11 is 0.822. The molecule has 0 aromatic heterocycles. The minimum atomic E-state index is -0.0400. The van der Waals surface area contributed by atoms with Gasteiger partial charge in [-0.3, -0.25) is 10.8 Å². The molecule has 0 bridgehead atoms. The largest absolute Gasteiger partial charge is 0.476 e. The molecule has 4 nitrogen and oxygen atoms in total. The second-order valence-corrected chi connectivity index (χ2v) is 2.03. The number of thioether (sulfide) groups is 1. The summed E-state index contributed by atoms with van der Waals surface area (Å²) in [7, 11) is 2.75. The van der Waals surface area contributed by atoms with Crippen molar-refractivity contribution in [1.82, 2.24) is 0 Å². The molecule has 0 aliphatic carbocycles. The molecular weight excluding hydrogens is 140 g/mol. The van der Waals surface area contributed by atoms with Gasteiger partial charge in [-0.25, -0.2) is 0 Å². The first-order chi connectivity index (χ1) is 4.20. The molecule has 0 spiro atoms. The van der Waals surface area contributed by atoms with E-state index in [0.29, 0.717) is 0 Å². The first kappa shape index (κ1) is 8.29. The lowest BCUT2D eigenvalue weighted by Gasteiger charge is -1.99. The minimum absolute atomic E-state index is 0.0400. The van der Waals surface area contributed by atoms with E-state index in [1.54, 1.807) is 0 Å². The summed E-state index contributed by atoms with van der Waals surface area (Å²) in [5, 5.41) is 13.7. The molecule has 0 aromatic carbocycles. The summed E-state index contributed by atoms with van der Waals surface area (Å²) in [6, 6.07) is 0. The van der Waals surface area contributed by atoms with Crippen molar-refractivity contribution in [3.05, 3.63) is 0 Å². The van der Waals surface area contributed by atoms with Gasteiger partial charge in [0.25, 0.3) is 10.5 Å². The third-order valence-corrected chi connectivity index (χ3v) is 1.26. The van der Waals surface area contributed by atoms with Crippen molar-refractivity contribution >= 4 is 22.2 Å². The van der Waals surface area contributed by atoms with Crippen LogP contribution in [0.15, 0.2) is 0 Å². The van der Waals surface area contributed by atoms with Crippen molar-refractivity contribution < 1.29 is 9.47 Å². The average Bonchev–Trinajstić information content (AvgIpc) is 1.87. The topological polar surface area (TPSA) is 66.2 Å². The Bertz CT molecular complexity index is 112. The number of ether oxygens (including phenoxy) is 2. The summed E-state index contributed by atoms with van der Waals surface area (Å²) in [4.78, 5) is 0. The van der Waals surface area contributed by atoms with Gasteiger partial charge in [0, 0.05) is 11.8 Å². The van der Waals surface area contributed by atoms with Gasteiger partial charge in [-0.15, -0.1) is 0 Å². The van der Waals surface area contributed by atoms with E-state index >= 15 is 0 Å². The molecule has 0 rings (SSSR count). The molecule has 0 atom stereocenters. The number of methoxy groups -OCH3 is 2. The SMILES string of the molecule is COC(=N)SC(=N)OC. The minimum Gasteiger partial charge on any atom is -0.476 e. The average molecular weight is 148 g/mol. The van der Waals surface area contributed by atoms with E-state index in [9.17, 15) is 0 Å². The molecule has 0 amide bonds. The Kier molecular flexibility index (Phi) is 3.87. The number of hydrogen-bond acceptors (Lipinski definition) is 5. The molecule has 0 aromatic rings. The lowest BCUT2D eigenvalue weighted by atomic mass is 11.4. The highest BCUT2D eigenvalue weighted by Crippen LogP contribution is 2.03. The highest BCUT2D eigenvalue weighted by molar-refractivity contribution is 8.25. The molecule has 52 valence electrons. The molecule has 5 heteroatoms. The summed E-state index contributed by atoms with van der Waals surface area (Å²) in [5.74, 6) is 0. The van der Waals surface area contributed by atoms with E-state index in [1.807, 2.05) is 0 Å². The second kappa shape index (κ2) is 4.20. The van der Waals surface area contributed by atoms with Gasteiger partial charge in [0.2, 0.25) is 0 Å². The first-order valence-electron chi connectivity index (χ1n) is 2.13. The Labute approximate surface area is 57.6 Å². The molecule has 0 saturated heterocycles. The number of hydrogen-bond donors (Lipinski definition) is 2. The fourth-order valence-electron chi connectivity index (χ4n) is 0.168. The van der Waals surface area contributed by atoms with Crippen LogP contribution in [-0.4, -0.2) is 24.7 Å². The van der Waals surface area contributed by atoms with Gasteiger partial charge in [0.15, 0.2) is 0 Å². The lowest BCUT2D eigenvalue weighted by Crippen LogP contribution is -2.00. The van der Waals surface area contributed by atoms with Crippen molar-refractivity contribution in [1.29, 1.82) is 10.8 Å². The quantitative estimate of drug-likeness (QED) is 0.396. The fourth-order valence-corrected chi connectivity index (χ4v) is 0.503. The van der Waals surface area contributed by atoms with Crippen LogP contribution in [0.25, 0.3) is 0 Å². The predicted molar refractivity (Wildman–Crippen MR) is 37.1 cm³/mol. The normalized spacial score (nSPS) is 8.22. The van der Waals surface area contributed by atoms with Gasteiger partial charge < -0.3 is 9.47 Å². The van der Waals surface area contributed by atoms with E-state index in [1.165, 1.54) is 14.2 Å². The van der Waals surface area contributed by atoms with Crippen molar-refractivity contribution in [3.8, 4) is 0 Å². The van der Waals surface area contributed by atoms with E-state index in [2.05, 4.69) is 9.47 Å². The van der Waals surface area contributed by atoms with Crippen LogP contribution >= 0.6 is 11.8 Å². The molecule has 0 aliphatic rings. The molecule has 2 N–H and O–H groups in total. The van der Waals surface area contributed by atoms with Gasteiger partial charge in [-0.1, -0.05) is 0 Å². The molecule has 0 heterocycles. The zero-order valence-electron chi connectivity index (χ0n) is 5.22. The maximum absolute atomic E-state index is 6.89. The monoisotopic (exact) mass is 148 g/mol. The Hall–Kier alpha value is -0.710. The maximum Gasteiger partial charge on any atom is 0.252 e. The molecule has 0 unspecified atom stereocenters. The molecule has 0 fully saturated rings. The summed E-state index contributed by atoms with van der Waals surface area (Å²) < 4.78 is 8.90. The third kappa shape index (κ3) is 3.84. The van der Waals surface area contributed by atoms with Crippen molar-refractivity contribution in [2.45, 2.75) is 0 Å². The summed E-state index contributed by atoms with van der Waals surface area (Å²) in [6.07, 6.45) is 0. The molecule has 0 aliphatic heterocycles. The fraction of sp³-hybridized carbons (Fsp3) is 0.500. The molecule has 9 heavy (non-hydrogen) atoms. The van der Waals surface area contributed by atoms with E-state index in [0.717, 1.165) is 11.8 Å². The van der Waals surface area contributed by atoms with Gasteiger partial charge in [-0.05, 0) is 0 Å². The first-order valence-corrected chi connectivity index (χ1v) is 2.95. The van der Waals surface area contributed by atoms with Crippen molar-refractivity contribution in [3.63, 3.8) is 0 Å². The van der Waals surface area contributed by atoms with Crippen molar-refractivity contribution in [2.24, 2.45) is 0 Å². The molecule has 0 radical (unpaired) electrons. The van der Waals surface area contributed by atoms with Crippen LogP contribution < -0.4 is 0 Å². The Morgan fingerprint density at radius 3 is 1.67 bits per heavy atom.